The van der Waals surface area contributed by atoms with Crippen LogP contribution in [0.25, 0.3) is 5.57 Å². The van der Waals surface area contributed by atoms with Gasteiger partial charge in [-0.05, 0) is 38.7 Å². The van der Waals surface area contributed by atoms with Crippen molar-refractivity contribution < 1.29 is 21.6 Å². The first-order chi connectivity index (χ1) is 14.5. The lowest BCUT2D eigenvalue weighted by Crippen LogP contribution is -2.48. The SMILES string of the molecule is Cc1ccc(C2=C(NS(=O)(=O)c3ccccc3)N(CCN(C)C)NC2C(F)(F)F)cc1. The first-order valence-corrected chi connectivity index (χ1v) is 11.1. The van der Waals surface area contributed by atoms with E-state index in [1.54, 1.807) is 61.5 Å². The largest absolute Gasteiger partial charge is 0.409 e. The Bertz CT molecular complexity index is 1040. The average molecular weight is 455 g/mol. The third-order valence-corrected chi connectivity index (χ3v) is 6.20. The molecule has 0 spiro atoms. The molecule has 2 aromatic carbocycles. The minimum absolute atomic E-state index is 0.0335. The Morgan fingerprint density at radius 2 is 1.68 bits per heavy atom. The molecule has 1 atom stereocenters. The Labute approximate surface area is 180 Å². The number of aryl methyl sites for hydroxylation is 1. The van der Waals surface area contributed by atoms with Crippen LogP contribution in [0.15, 0.2) is 65.3 Å². The molecule has 1 aliphatic heterocycles. The number of hydrogen-bond acceptors (Lipinski definition) is 5. The van der Waals surface area contributed by atoms with Crippen LogP contribution in [0.1, 0.15) is 11.1 Å². The number of benzene rings is 2. The minimum Gasteiger partial charge on any atom is -0.308 e. The first kappa shape index (κ1) is 23.1. The van der Waals surface area contributed by atoms with E-state index >= 15 is 0 Å². The highest BCUT2D eigenvalue weighted by Gasteiger charge is 2.49. The average Bonchev–Trinajstić information content (AvgIpc) is 3.06. The van der Waals surface area contributed by atoms with Gasteiger partial charge in [0.25, 0.3) is 10.0 Å². The van der Waals surface area contributed by atoms with Gasteiger partial charge in [-0.2, -0.15) is 13.2 Å². The topological polar surface area (TPSA) is 64.7 Å². The van der Waals surface area contributed by atoms with Crippen molar-refractivity contribution in [2.45, 2.75) is 24.0 Å². The minimum atomic E-state index is -4.63. The third-order valence-electron chi connectivity index (χ3n) is 4.84. The van der Waals surface area contributed by atoms with Crippen LogP contribution in [0.2, 0.25) is 0 Å². The Morgan fingerprint density at radius 1 is 1.06 bits per heavy atom. The second-order valence-electron chi connectivity index (χ2n) is 7.61. The van der Waals surface area contributed by atoms with Crippen molar-refractivity contribution in [3.8, 4) is 0 Å². The van der Waals surface area contributed by atoms with Crippen molar-refractivity contribution in [3.05, 3.63) is 71.5 Å². The predicted octanol–water partition coefficient (Wildman–Crippen LogP) is 2.95. The molecule has 2 aromatic rings. The van der Waals surface area contributed by atoms with Gasteiger partial charge in [0, 0.05) is 18.7 Å². The summed E-state index contributed by atoms with van der Waals surface area (Å²) in [5, 5.41) is 1.23. The lowest BCUT2D eigenvalue weighted by Gasteiger charge is -2.26. The summed E-state index contributed by atoms with van der Waals surface area (Å²) >= 11 is 0. The highest BCUT2D eigenvalue weighted by molar-refractivity contribution is 7.89. The summed E-state index contributed by atoms with van der Waals surface area (Å²) in [6.07, 6.45) is -4.63. The van der Waals surface area contributed by atoms with Crippen LogP contribution in [0.5, 0.6) is 0 Å². The first-order valence-electron chi connectivity index (χ1n) is 9.63. The van der Waals surface area contributed by atoms with Gasteiger partial charge in [-0.25, -0.2) is 13.8 Å². The summed E-state index contributed by atoms with van der Waals surface area (Å²) in [5.74, 6) is -0.128. The van der Waals surface area contributed by atoms with Gasteiger partial charge in [0.05, 0.1) is 4.90 Å². The van der Waals surface area contributed by atoms with Crippen LogP contribution in [-0.4, -0.2) is 57.7 Å². The van der Waals surface area contributed by atoms with Crippen molar-refractivity contribution in [2.75, 3.05) is 27.2 Å². The number of nitrogens with one attached hydrogen (secondary N) is 2. The van der Waals surface area contributed by atoms with E-state index in [-0.39, 0.29) is 22.8 Å². The molecule has 0 aromatic heterocycles. The van der Waals surface area contributed by atoms with E-state index in [1.165, 1.54) is 17.1 Å². The van der Waals surface area contributed by atoms with Crippen LogP contribution >= 0.6 is 0 Å². The third kappa shape index (κ3) is 5.38. The molecule has 0 aliphatic carbocycles. The maximum absolute atomic E-state index is 14.0. The number of rotatable bonds is 7. The number of alkyl halides is 3. The molecule has 0 fully saturated rings. The Balaban J connectivity index is 2.14. The summed E-state index contributed by atoms with van der Waals surface area (Å²) in [7, 11) is -0.529. The lowest BCUT2D eigenvalue weighted by atomic mass is 9.98. The Hall–Kier alpha value is -2.56. The van der Waals surface area contributed by atoms with E-state index in [2.05, 4.69) is 10.1 Å². The number of hydrazine groups is 1. The molecular weight excluding hydrogens is 429 g/mol. The van der Waals surface area contributed by atoms with E-state index in [4.69, 9.17) is 0 Å². The Morgan fingerprint density at radius 3 is 2.23 bits per heavy atom. The fourth-order valence-electron chi connectivity index (χ4n) is 3.21. The zero-order chi connectivity index (χ0) is 22.8. The maximum Gasteiger partial charge on any atom is 0.409 e. The van der Waals surface area contributed by atoms with Gasteiger partial charge < -0.3 is 4.90 Å². The zero-order valence-corrected chi connectivity index (χ0v) is 18.3. The van der Waals surface area contributed by atoms with Gasteiger partial charge in [0.2, 0.25) is 0 Å². The number of halogens is 3. The van der Waals surface area contributed by atoms with Gasteiger partial charge in [-0.15, -0.1) is 0 Å². The molecule has 168 valence electrons. The highest BCUT2D eigenvalue weighted by atomic mass is 32.2. The molecular formula is C21H25F3N4O2S. The highest BCUT2D eigenvalue weighted by Crippen LogP contribution is 2.38. The van der Waals surface area contributed by atoms with Gasteiger partial charge in [0.1, 0.15) is 5.82 Å². The molecule has 0 saturated heterocycles. The lowest BCUT2D eigenvalue weighted by molar-refractivity contribution is -0.147. The predicted molar refractivity (Wildman–Crippen MR) is 113 cm³/mol. The summed E-state index contributed by atoms with van der Waals surface area (Å²) in [4.78, 5) is 1.77. The van der Waals surface area contributed by atoms with Gasteiger partial charge in [-0.1, -0.05) is 48.0 Å². The van der Waals surface area contributed by atoms with Gasteiger partial charge in [0.15, 0.2) is 6.04 Å². The molecule has 1 unspecified atom stereocenters. The molecule has 1 heterocycles. The monoisotopic (exact) mass is 454 g/mol. The van der Waals surface area contributed by atoms with E-state index in [1.807, 2.05) is 6.92 Å². The second-order valence-corrected chi connectivity index (χ2v) is 9.29. The smallest absolute Gasteiger partial charge is 0.308 e. The number of sulfonamides is 1. The summed E-state index contributed by atoms with van der Waals surface area (Å²) in [5.41, 5.74) is 3.47. The van der Waals surface area contributed by atoms with Crippen LogP contribution in [-0.2, 0) is 10.0 Å². The summed E-state index contributed by atoms with van der Waals surface area (Å²) < 4.78 is 70.2. The molecule has 2 N–H and O–H groups in total. The van der Waals surface area contributed by atoms with Gasteiger partial charge in [-0.3, -0.25) is 9.73 Å². The molecule has 3 rings (SSSR count). The molecule has 0 bridgehead atoms. The quantitative estimate of drug-likeness (QED) is 0.674. The van der Waals surface area contributed by atoms with Crippen LogP contribution < -0.4 is 10.1 Å². The van der Waals surface area contributed by atoms with Crippen molar-refractivity contribution in [3.63, 3.8) is 0 Å². The Kier molecular flexibility index (Phi) is 6.63. The fraction of sp³-hybridized carbons (Fsp3) is 0.333. The number of likely N-dealkylation sites (N-methyl/N-ethyl adjacent to an activating group) is 1. The van der Waals surface area contributed by atoms with Crippen molar-refractivity contribution in [2.24, 2.45) is 0 Å². The molecule has 10 heteroatoms. The van der Waals surface area contributed by atoms with E-state index in [0.717, 1.165) is 5.56 Å². The van der Waals surface area contributed by atoms with Crippen LogP contribution in [0, 0.1) is 6.92 Å². The molecule has 1 aliphatic rings. The normalized spacial score (nSPS) is 17.5. The van der Waals surface area contributed by atoms with E-state index in [9.17, 15) is 21.6 Å². The van der Waals surface area contributed by atoms with E-state index < -0.39 is 22.2 Å². The molecule has 6 nitrogen and oxygen atoms in total. The summed E-state index contributed by atoms with van der Waals surface area (Å²) in [6.45, 7) is 2.38. The maximum atomic E-state index is 14.0. The number of hydrogen-bond donors (Lipinski definition) is 2. The van der Waals surface area contributed by atoms with Gasteiger partial charge >= 0.3 is 6.18 Å². The molecule has 0 radical (unpaired) electrons. The number of nitrogens with zero attached hydrogens (tertiary/aromatic N) is 2. The van der Waals surface area contributed by atoms with Crippen molar-refractivity contribution in [1.29, 1.82) is 0 Å². The van der Waals surface area contributed by atoms with E-state index in [0.29, 0.717) is 12.1 Å². The molecule has 0 saturated carbocycles. The summed E-state index contributed by atoms with van der Waals surface area (Å²) in [6, 6.07) is 12.0. The molecule has 31 heavy (non-hydrogen) atoms. The fourth-order valence-corrected chi connectivity index (χ4v) is 4.32. The van der Waals surface area contributed by atoms with Crippen molar-refractivity contribution in [1.82, 2.24) is 20.1 Å². The molecule has 0 amide bonds. The van der Waals surface area contributed by atoms with Crippen molar-refractivity contribution >= 4 is 15.6 Å². The second kappa shape index (κ2) is 8.89. The van der Waals surface area contributed by atoms with Crippen LogP contribution in [0.4, 0.5) is 13.2 Å². The standard InChI is InChI=1S/C21H25F3N4O2S/c1-15-9-11-16(12-10-15)18-19(21(22,23)24)25-28(14-13-27(2)3)20(18)26-31(29,30)17-7-5-4-6-8-17/h4-12,19,25-26H,13-14H2,1-3H3. The van der Waals surface area contributed by atoms with Crippen LogP contribution in [0.3, 0.4) is 0 Å². The zero-order valence-electron chi connectivity index (χ0n) is 17.4.